The zero-order valence-corrected chi connectivity index (χ0v) is 24.4. The largest absolute Gasteiger partial charge is 0.497 e. The molecule has 1 aliphatic rings. The van der Waals surface area contributed by atoms with E-state index in [1.807, 2.05) is 66.9 Å². The summed E-state index contributed by atoms with van der Waals surface area (Å²) in [7, 11) is 1.68. The van der Waals surface area contributed by atoms with Gasteiger partial charge in [0.05, 0.1) is 24.9 Å². The quantitative estimate of drug-likeness (QED) is 0.205. The van der Waals surface area contributed by atoms with E-state index in [9.17, 15) is 0 Å². The predicted molar refractivity (Wildman–Crippen MR) is 167 cm³/mol. The number of ether oxygens (including phenoxy) is 2. The molecular weight excluding hydrogens is 528 g/mol. The highest BCUT2D eigenvalue weighted by molar-refractivity contribution is 7.80. The first-order valence-corrected chi connectivity index (χ1v) is 14.0. The SMILES string of the molecule is COc1ccc(-n2c(C)cc([C@@H]3[C@H](c4ccccn4)NC(=S)N3c3ccc(Oc4ccc(C)cc4)cc3)c2C)cc1. The van der Waals surface area contributed by atoms with E-state index in [-0.39, 0.29) is 12.1 Å². The van der Waals surface area contributed by atoms with Crippen molar-refractivity contribution in [3.8, 4) is 22.9 Å². The maximum Gasteiger partial charge on any atom is 0.174 e. The molecule has 1 N–H and O–H groups in total. The number of thiocarbonyl (C=S) groups is 1. The van der Waals surface area contributed by atoms with Crippen LogP contribution in [0.5, 0.6) is 17.2 Å². The third-order valence-electron chi connectivity index (χ3n) is 7.59. The summed E-state index contributed by atoms with van der Waals surface area (Å²) in [5.41, 5.74) is 7.67. The lowest BCUT2D eigenvalue weighted by Gasteiger charge is -2.28. The molecule has 0 unspecified atom stereocenters. The number of anilines is 1. The van der Waals surface area contributed by atoms with E-state index in [2.05, 4.69) is 72.0 Å². The average molecular weight is 561 g/mol. The fourth-order valence-corrected chi connectivity index (χ4v) is 5.93. The Labute approximate surface area is 246 Å². The molecule has 2 aromatic heterocycles. The number of methoxy groups -OCH3 is 1. The minimum absolute atomic E-state index is 0.112. The number of aromatic nitrogens is 2. The molecular formula is C34H32N4O2S. The van der Waals surface area contributed by atoms with Gasteiger partial charge in [-0.2, -0.15) is 0 Å². The third-order valence-corrected chi connectivity index (χ3v) is 7.90. The Hall–Kier alpha value is -4.62. The molecule has 3 heterocycles. The number of nitrogens with zero attached hydrogens (tertiary/aromatic N) is 3. The molecule has 6 nitrogen and oxygen atoms in total. The van der Waals surface area contributed by atoms with E-state index < -0.39 is 0 Å². The summed E-state index contributed by atoms with van der Waals surface area (Å²) in [5.74, 6) is 2.41. The molecule has 2 atom stereocenters. The molecule has 1 saturated heterocycles. The topological polar surface area (TPSA) is 51.5 Å². The minimum Gasteiger partial charge on any atom is -0.497 e. The highest BCUT2D eigenvalue weighted by atomic mass is 32.1. The maximum absolute atomic E-state index is 6.09. The highest BCUT2D eigenvalue weighted by Crippen LogP contribution is 2.44. The third kappa shape index (κ3) is 5.16. The van der Waals surface area contributed by atoms with Crippen molar-refractivity contribution in [3.05, 3.63) is 131 Å². The van der Waals surface area contributed by atoms with Crippen molar-refractivity contribution in [2.45, 2.75) is 32.9 Å². The summed E-state index contributed by atoms with van der Waals surface area (Å²) < 4.78 is 13.8. The Balaban J connectivity index is 1.39. The van der Waals surface area contributed by atoms with Crippen molar-refractivity contribution < 1.29 is 9.47 Å². The van der Waals surface area contributed by atoms with Crippen molar-refractivity contribution in [3.63, 3.8) is 0 Å². The molecule has 7 heteroatoms. The van der Waals surface area contributed by atoms with Gasteiger partial charge in [-0.05, 0) is 117 Å². The second kappa shape index (κ2) is 11.1. The van der Waals surface area contributed by atoms with Crippen LogP contribution in [0, 0.1) is 20.8 Å². The van der Waals surface area contributed by atoms with Gasteiger partial charge >= 0.3 is 0 Å². The van der Waals surface area contributed by atoms with Gasteiger partial charge in [-0.15, -0.1) is 0 Å². The molecule has 3 aromatic carbocycles. The summed E-state index contributed by atoms with van der Waals surface area (Å²) in [6.45, 7) is 6.37. The zero-order chi connectivity index (χ0) is 28.5. The number of benzene rings is 3. The summed E-state index contributed by atoms with van der Waals surface area (Å²) in [6, 6.07) is 32.3. The monoisotopic (exact) mass is 560 g/mol. The lowest BCUT2D eigenvalue weighted by Crippen LogP contribution is -2.29. The van der Waals surface area contributed by atoms with Crippen molar-refractivity contribution in [2.24, 2.45) is 0 Å². The van der Waals surface area contributed by atoms with Gasteiger partial charge < -0.3 is 24.3 Å². The van der Waals surface area contributed by atoms with Gasteiger partial charge in [0.2, 0.25) is 0 Å². The summed E-state index contributed by atoms with van der Waals surface area (Å²) in [4.78, 5) is 6.91. The molecule has 0 spiro atoms. The lowest BCUT2D eigenvalue weighted by atomic mass is 9.96. The molecule has 0 saturated carbocycles. The highest BCUT2D eigenvalue weighted by Gasteiger charge is 2.42. The molecule has 41 heavy (non-hydrogen) atoms. The van der Waals surface area contributed by atoms with Crippen LogP contribution in [-0.4, -0.2) is 21.8 Å². The van der Waals surface area contributed by atoms with E-state index in [4.69, 9.17) is 26.7 Å². The first-order chi connectivity index (χ1) is 19.9. The van der Waals surface area contributed by atoms with Crippen LogP contribution < -0.4 is 19.7 Å². The normalized spacial score (nSPS) is 16.5. The van der Waals surface area contributed by atoms with Crippen molar-refractivity contribution >= 4 is 23.0 Å². The second-order valence-electron chi connectivity index (χ2n) is 10.3. The van der Waals surface area contributed by atoms with Gasteiger partial charge in [0.1, 0.15) is 17.2 Å². The Kier molecular flexibility index (Phi) is 7.20. The van der Waals surface area contributed by atoms with Gasteiger partial charge in [0.25, 0.3) is 0 Å². The fourth-order valence-electron chi connectivity index (χ4n) is 5.58. The maximum atomic E-state index is 6.09. The van der Waals surface area contributed by atoms with Crippen LogP contribution in [-0.2, 0) is 0 Å². The van der Waals surface area contributed by atoms with Gasteiger partial charge in [-0.3, -0.25) is 4.98 Å². The van der Waals surface area contributed by atoms with Crippen LogP contribution in [0.25, 0.3) is 5.69 Å². The fraction of sp³-hybridized carbons (Fsp3) is 0.176. The Morgan fingerprint density at radius 3 is 2.05 bits per heavy atom. The molecule has 1 fully saturated rings. The van der Waals surface area contributed by atoms with Crippen LogP contribution in [0.3, 0.4) is 0 Å². The first kappa shape index (κ1) is 26.6. The Morgan fingerprint density at radius 1 is 0.780 bits per heavy atom. The number of hydrogen-bond donors (Lipinski definition) is 1. The lowest BCUT2D eigenvalue weighted by molar-refractivity contribution is 0.414. The van der Waals surface area contributed by atoms with Gasteiger partial charge in [0, 0.05) is 29.0 Å². The van der Waals surface area contributed by atoms with Crippen LogP contribution in [0.4, 0.5) is 5.69 Å². The van der Waals surface area contributed by atoms with Crippen LogP contribution in [0.15, 0.2) is 103 Å². The van der Waals surface area contributed by atoms with Crippen LogP contribution >= 0.6 is 12.2 Å². The summed E-state index contributed by atoms with van der Waals surface area (Å²) in [5, 5.41) is 4.24. The van der Waals surface area contributed by atoms with E-state index in [1.165, 1.54) is 11.1 Å². The first-order valence-electron chi connectivity index (χ1n) is 13.6. The molecule has 206 valence electrons. The molecule has 0 amide bonds. The van der Waals surface area contributed by atoms with Gasteiger partial charge in [-0.1, -0.05) is 23.8 Å². The van der Waals surface area contributed by atoms with Crippen molar-refractivity contribution in [2.75, 3.05) is 12.0 Å². The van der Waals surface area contributed by atoms with E-state index in [1.54, 1.807) is 7.11 Å². The van der Waals surface area contributed by atoms with Crippen molar-refractivity contribution in [1.82, 2.24) is 14.9 Å². The minimum atomic E-state index is -0.128. The number of aryl methyl sites for hydroxylation is 2. The molecule has 0 aliphatic carbocycles. The molecule has 6 rings (SSSR count). The predicted octanol–water partition coefficient (Wildman–Crippen LogP) is 7.78. The Morgan fingerprint density at radius 2 is 1.41 bits per heavy atom. The molecule has 1 aliphatic heterocycles. The average Bonchev–Trinajstić information content (AvgIpc) is 3.49. The number of nitrogens with one attached hydrogen (secondary N) is 1. The number of pyridine rings is 1. The standard InChI is InChI=1S/C34H32N4O2S/c1-22-8-14-28(15-9-22)40-29-18-12-26(13-19-29)38-33(32(36-34(38)41)31-7-5-6-20-35-31)30-21-23(2)37(24(30)3)25-10-16-27(39-4)17-11-25/h5-21,32-33H,1-4H3,(H,36,41)/t32-,33+/m0/s1. The van der Waals surface area contributed by atoms with Gasteiger partial charge in [0.15, 0.2) is 5.11 Å². The summed E-state index contributed by atoms with van der Waals surface area (Å²) in [6.07, 6.45) is 1.83. The molecule has 0 radical (unpaired) electrons. The van der Waals surface area contributed by atoms with E-state index >= 15 is 0 Å². The van der Waals surface area contributed by atoms with Crippen molar-refractivity contribution in [1.29, 1.82) is 0 Å². The Bertz CT molecular complexity index is 1660. The smallest absolute Gasteiger partial charge is 0.174 e. The number of rotatable bonds is 7. The molecule has 5 aromatic rings. The van der Waals surface area contributed by atoms with E-state index in [0.717, 1.165) is 45.7 Å². The van der Waals surface area contributed by atoms with Gasteiger partial charge in [-0.25, -0.2) is 0 Å². The van der Waals surface area contributed by atoms with Crippen LogP contribution in [0.2, 0.25) is 0 Å². The van der Waals surface area contributed by atoms with E-state index in [0.29, 0.717) is 5.11 Å². The molecule has 0 bridgehead atoms. The summed E-state index contributed by atoms with van der Waals surface area (Å²) >= 11 is 5.97. The number of hydrogen-bond acceptors (Lipinski definition) is 4. The zero-order valence-electron chi connectivity index (χ0n) is 23.5. The van der Waals surface area contributed by atoms with Crippen LogP contribution in [0.1, 0.15) is 40.3 Å². The second-order valence-corrected chi connectivity index (χ2v) is 10.7.